The predicted molar refractivity (Wildman–Crippen MR) is 59.7 cm³/mol. The maximum Gasteiger partial charge on any atom is 0.433 e. The summed E-state index contributed by atoms with van der Waals surface area (Å²) in [5.74, 6) is -0.508. The molecule has 9 heteroatoms. The van der Waals surface area contributed by atoms with Crippen molar-refractivity contribution in [2.24, 2.45) is 5.73 Å². The van der Waals surface area contributed by atoms with Crippen molar-refractivity contribution in [2.45, 2.75) is 25.6 Å². The average molecular weight is 279 g/mol. The van der Waals surface area contributed by atoms with Crippen molar-refractivity contribution in [3.63, 3.8) is 0 Å². The van der Waals surface area contributed by atoms with Gasteiger partial charge < -0.3 is 10.5 Å². The van der Waals surface area contributed by atoms with Gasteiger partial charge in [0.2, 0.25) is 5.75 Å². The van der Waals surface area contributed by atoms with Crippen molar-refractivity contribution in [2.75, 3.05) is 6.61 Å². The minimum absolute atomic E-state index is 0.171. The highest BCUT2D eigenvalue weighted by Gasteiger charge is 2.35. The Morgan fingerprint density at radius 3 is 2.47 bits per heavy atom. The van der Waals surface area contributed by atoms with Crippen LogP contribution in [0.2, 0.25) is 0 Å². The molecular weight excluding hydrogens is 267 g/mol. The van der Waals surface area contributed by atoms with Crippen LogP contribution in [0.5, 0.6) is 5.75 Å². The summed E-state index contributed by atoms with van der Waals surface area (Å²) in [6, 6.07) is 0.490. The second-order valence-electron chi connectivity index (χ2n) is 4.57. The standard InChI is InChI=1S/C10H12F3N3O3/c1-9(2,14)5-19-7-3-8(10(11,12)13)15-4-6(7)16(17)18/h3-4H,5,14H2,1-2H3. The van der Waals surface area contributed by atoms with Crippen LogP contribution in [0.3, 0.4) is 0 Å². The minimum Gasteiger partial charge on any atom is -0.485 e. The van der Waals surface area contributed by atoms with Gasteiger partial charge in [-0.25, -0.2) is 4.98 Å². The normalized spacial score (nSPS) is 12.3. The van der Waals surface area contributed by atoms with E-state index in [0.717, 1.165) is 0 Å². The van der Waals surface area contributed by atoms with E-state index in [4.69, 9.17) is 10.5 Å². The van der Waals surface area contributed by atoms with Gasteiger partial charge in [0.15, 0.2) is 0 Å². The molecule has 0 saturated heterocycles. The number of hydrogen-bond acceptors (Lipinski definition) is 5. The number of aromatic nitrogens is 1. The van der Waals surface area contributed by atoms with Gasteiger partial charge >= 0.3 is 11.9 Å². The van der Waals surface area contributed by atoms with Gasteiger partial charge in [0.05, 0.1) is 4.92 Å². The topological polar surface area (TPSA) is 91.3 Å². The lowest BCUT2D eigenvalue weighted by molar-refractivity contribution is -0.386. The molecule has 0 bridgehead atoms. The van der Waals surface area contributed by atoms with Crippen molar-refractivity contribution >= 4 is 5.69 Å². The van der Waals surface area contributed by atoms with Crippen LogP contribution in [0, 0.1) is 10.1 Å². The molecule has 0 aliphatic heterocycles. The van der Waals surface area contributed by atoms with Crippen molar-refractivity contribution in [3.05, 3.63) is 28.1 Å². The molecule has 0 amide bonds. The van der Waals surface area contributed by atoms with E-state index in [9.17, 15) is 23.3 Å². The summed E-state index contributed by atoms with van der Waals surface area (Å²) in [4.78, 5) is 12.8. The van der Waals surface area contributed by atoms with Gasteiger partial charge in [-0.1, -0.05) is 0 Å². The lowest BCUT2D eigenvalue weighted by Crippen LogP contribution is -2.38. The molecule has 1 aromatic heterocycles. The average Bonchev–Trinajstić information content (AvgIpc) is 2.23. The van der Waals surface area contributed by atoms with Crippen LogP contribution < -0.4 is 10.5 Å². The van der Waals surface area contributed by atoms with Crippen molar-refractivity contribution < 1.29 is 22.8 Å². The summed E-state index contributed by atoms with van der Waals surface area (Å²) in [7, 11) is 0. The van der Waals surface area contributed by atoms with E-state index in [1.807, 2.05) is 0 Å². The molecule has 0 radical (unpaired) electrons. The molecule has 0 aliphatic rings. The smallest absolute Gasteiger partial charge is 0.433 e. The Balaban J connectivity index is 3.13. The molecule has 0 aromatic carbocycles. The monoisotopic (exact) mass is 279 g/mol. The summed E-state index contributed by atoms with van der Waals surface area (Å²) in [5.41, 5.74) is 2.86. The summed E-state index contributed by atoms with van der Waals surface area (Å²) in [6.45, 7) is 2.98. The van der Waals surface area contributed by atoms with Crippen LogP contribution in [0.4, 0.5) is 18.9 Å². The van der Waals surface area contributed by atoms with Crippen LogP contribution in [0.1, 0.15) is 19.5 Å². The number of ether oxygens (including phenoxy) is 1. The van der Waals surface area contributed by atoms with Crippen molar-refractivity contribution in [3.8, 4) is 5.75 Å². The molecule has 0 fully saturated rings. The van der Waals surface area contributed by atoms with Crippen LogP contribution >= 0.6 is 0 Å². The first kappa shape index (κ1) is 15.2. The Morgan fingerprint density at radius 2 is 2.05 bits per heavy atom. The van der Waals surface area contributed by atoms with Crippen molar-refractivity contribution in [1.29, 1.82) is 0 Å². The van der Waals surface area contributed by atoms with E-state index in [2.05, 4.69) is 4.98 Å². The molecule has 0 unspecified atom stereocenters. The summed E-state index contributed by atoms with van der Waals surface area (Å²) in [6.07, 6.45) is -4.19. The molecule has 0 saturated carbocycles. The zero-order valence-electron chi connectivity index (χ0n) is 10.2. The fourth-order valence-electron chi connectivity index (χ4n) is 1.10. The lowest BCUT2D eigenvalue weighted by atomic mass is 10.1. The Kier molecular flexibility index (Phi) is 3.99. The van der Waals surface area contributed by atoms with Crippen LogP contribution in [-0.2, 0) is 6.18 Å². The van der Waals surface area contributed by atoms with E-state index >= 15 is 0 Å². The molecule has 0 atom stereocenters. The third kappa shape index (κ3) is 4.36. The van der Waals surface area contributed by atoms with Gasteiger partial charge in [0.25, 0.3) is 0 Å². The van der Waals surface area contributed by atoms with E-state index < -0.39 is 33.8 Å². The number of nitrogens with two attached hydrogens (primary N) is 1. The van der Waals surface area contributed by atoms with E-state index in [-0.39, 0.29) is 6.61 Å². The predicted octanol–water partition coefficient (Wildman–Crippen LogP) is 2.12. The Hall–Kier alpha value is -1.90. The number of halogens is 3. The lowest BCUT2D eigenvalue weighted by Gasteiger charge is -2.19. The molecule has 2 N–H and O–H groups in total. The fourth-order valence-corrected chi connectivity index (χ4v) is 1.10. The molecule has 1 heterocycles. The molecule has 1 aromatic rings. The fraction of sp³-hybridized carbons (Fsp3) is 0.500. The van der Waals surface area contributed by atoms with E-state index in [1.165, 1.54) is 0 Å². The second-order valence-corrected chi connectivity index (χ2v) is 4.57. The highest BCUT2D eigenvalue weighted by molar-refractivity contribution is 5.45. The molecule has 0 spiro atoms. The van der Waals surface area contributed by atoms with Gasteiger partial charge in [0.1, 0.15) is 18.5 Å². The summed E-state index contributed by atoms with van der Waals surface area (Å²) >= 11 is 0. The Labute approximate surface area is 106 Å². The molecule has 1 rings (SSSR count). The molecule has 19 heavy (non-hydrogen) atoms. The van der Waals surface area contributed by atoms with Crippen LogP contribution in [-0.4, -0.2) is 22.1 Å². The quantitative estimate of drug-likeness (QED) is 0.673. The maximum atomic E-state index is 12.5. The second kappa shape index (κ2) is 5.00. The largest absolute Gasteiger partial charge is 0.485 e. The van der Waals surface area contributed by atoms with Gasteiger partial charge in [-0.2, -0.15) is 13.2 Å². The van der Waals surface area contributed by atoms with Crippen molar-refractivity contribution in [1.82, 2.24) is 4.98 Å². The van der Waals surface area contributed by atoms with Crippen LogP contribution in [0.15, 0.2) is 12.3 Å². The Bertz CT molecular complexity index is 483. The minimum atomic E-state index is -4.70. The van der Waals surface area contributed by atoms with Gasteiger partial charge in [0, 0.05) is 11.6 Å². The first-order valence-electron chi connectivity index (χ1n) is 5.14. The molecular formula is C10H12F3N3O3. The number of alkyl halides is 3. The first-order valence-corrected chi connectivity index (χ1v) is 5.14. The van der Waals surface area contributed by atoms with Gasteiger partial charge in [-0.3, -0.25) is 10.1 Å². The highest BCUT2D eigenvalue weighted by atomic mass is 19.4. The third-order valence-corrected chi connectivity index (χ3v) is 1.93. The number of nitro groups is 1. The summed E-state index contributed by atoms with van der Waals surface area (Å²) in [5, 5.41) is 10.7. The highest BCUT2D eigenvalue weighted by Crippen LogP contribution is 2.34. The van der Waals surface area contributed by atoms with Crippen LogP contribution in [0.25, 0.3) is 0 Å². The first-order chi connectivity index (χ1) is 8.50. The third-order valence-electron chi connectivity index (χ3n) is 1.93. The number of rotatable bonds is 4. The zero-order valence-corrected chi connectivity index (χ0v) is 10.2. The maximum absolute atomic E-state index is 12.5. The van der Waals surface area contributed by atoms with E-state index in [0.29, 0.717) is 12.3 Å². The molecule has 106 valence electrons. The molecule has 0 aliphatic carbocycles. The molecule has 6 nitrogen and oxygen atoms in total. The number of hydrogen-bond donors (Lipinski definition) is 1. The Morgan fingerprint density at radius 1 is 1.47 bits per heavy atom. The van der Waals surface area contributed by atoms with E-state index in [1.54, 1.807) is 13.8 Å². The van der Waals surface area contributed by atoms with Gasteiger partial charge in [-0.05, 0) is 13.8 Å². The van der Waals surface area contributed by atoms with Gasteiger partial charge in [-0.15, -0.1) is 0 Å². The number of pyridine rings is 1. The number of nitrogens with zero attached hydrogens (tertiary/aromatic N) is 2. The zero-order chi connectivity index (χ0) is 14.8. The summed E-state index contributed by atoms with van der Waals surface area (Å²) < 4.78 is 42.4. The SMILES string of the molecule is CC(C)(N)COc1cc(C(F)(F)F)ncc1[N+](=O)[O-].